The van der Waals surface area contributed by atoms with Crippen molar-refractivity contribution in [3.63, 3.8) is 0 Å². The summed E-state index contributed by atoms with van der Waals surface area (Å²) in [6, 6.07) is 14.0. The number of hydrogen-bond acceptors (Lipinski definition) is 0. The minimum Gasteiger partial charge on any atom is -0.268 e. The first-order valence-corrected chi connectivity index (χ1v) is 6.36. The molecule has 0 aliphatic carbocycles. The van der Waals surface area contributed by atoms with E-state index >= 15 is 0 Å². The molecule has 15 heavy (non-hydrogen) atoms. The monoisotopic (exact) mass is 221 g/mol. The van der Waals surface area contributed by atoms with Crippen LogP contribution in [-0.2, 0) is 6.42 Å². The highest BCUT2D eigenvalue weighted by atomic mass is 28.4. The van der Waals surface area contributed by atoms with Crippen LogP contribution < -0.4 is 0 Å². The van der Waals surface area contributed by atoms with Gasteiger partial charge in [0.25, 0.3) is 0 Å². The molecule has 0 bridgehead atoms. The predicted molar refractivity (Wildman–Crippen MR) is 60.4 cm³/mol. The summed E-state index contributed by atoms with van der Waals surface area (Å²) in [6.07, 6.45) is 0.492. The molecule has 0 N–H and O–H groups in total. The highest BCUT2D eigenvalue weighted by molar-refractivity contribution is 6.42. The lowest BCUT2D eigenvalue weighted by molar-refractivity contribution is 0.650. The van der Waals surface area contributed by atoms with Gasteiger partial charge in [0.2, 0.25) is 0 Å². The maximum atomic E-state index is 12.1. The molecule has 2 rings (SSSR count). The number of benzene rings is 2. The molecule has 77 valence electrons. The van der Waals surface area contributed by atoms with E-state index < -0.39 is 9.46 Å². The first kappa shape index (κ1) is 10.3. The number of rotatable bonds is 3. The van der Waals surface area contributed by atoms with Gasteiger partial charge >= 0.3 is 9.46 Å². The Balaban J connectivity index is 2.23. The van der Waals surface area contributed by atoms with Gasteiger partial charge in [-0.3, -0.25) is 8.22 Å². The van der Waals surface area contributed by atoms with Gasteiger partial charge in [-0.05, 0) is 22.8 Å². The molecule has 2 aromatic rings. The highest BCUT2D eigenvalue weighted by Gasteiger charge is 2.09. The summed E-state index contributed by atoms with van der Waals surface area (Å²) in [5, 5.41) is 2.29. The standard InChI is InChI=1S/C12H11F2Si/c13-15(14)8-7-10-5-6-11-3-1-2-4-12(11)9-10/h1-6,9H,7-8H2. The third kappa shape index (κ3) is 2.62. The van der Waals surface area contributed by atoms with Gasteiger partial charge in [0.1, 0.15) is 0 Å². The van der Waals surface area contributed by atoms with Crippen molar-refractivity contribution in [2.75, 3.05) is 0 Å². The van der Waals surface area contributed by atoms with E-state index in [1.807, 2.05) is 42.5 Å². The Morgan fingerprint density at radius 3 is 2.40 bits per heavy atom. The van der Waals surface area contributed by atoms with Crippen LogP contribution in [0.1, 0.15) is 5.56 Å². The first-order chi connectivity index (χ1) is 7.25. The highest BCUT2D eigenvalue weighted by Crippen LogP contribution is 2.17. The van der Waals surface area contributed by atoms with Crippen molar-refractivity contribution in [3.8, 4) is 0 Å². The maximum Gasteiger partial charge on any atom is 0.477 e. The molecule has 0 aliphatic heterocycles. The average Bonchev–Trinajstić information content (AvgIpc) is 2.26. The van der Waals surface area contributed by atoms with E-state index in [9.17, 15) is 8.22 Å². The number of hydrogen-bond donors (Lipinski definition) is 0. The first-order valence-electron chi connectivity index (χ1n) is 4.90. The van der Waals surface area contributed by atoms with Crippen LogP contribution in [0.4, 0.5) is 8.22 Å². The Labute approximate surface area is 89.5 Å². The number of fused-ring (bicyclic) bond motifs is 1. The Morgan fingerprint density at radius 2 is 1.67 bits per heavy atom. The summed E-state index contributed by atoms with van der Waals surface area (Å²) in [6.45, 7) is 0. The zero-order chi connectivity index (χ0) is 10.7. The van der Waals surface area contributed by atoms with Gasteiger partial charge < -0.3 is 0 Å². The van der Waals surface area contributed by atoms with Crippen molar-refractivity contribution in [3.05, 3.63) is 48.0 Å². The Bertz CT molecular complexity index is 454. The second-order valence-corrected chi connectivity index (χ2v) is 4.70. The van der Waals surface area contributed by atoms with Crippen LogP contribution in [0.2, 0.25) is 6.04 Å². The second kappa shape index (κ2) is 4.53. The minimum atomic E-state index is -3.08. The van der Waals surface area contributed by atoms with Crippen LogP contribution in [0, 0.1) is 0 Å². The van der Waals surface area contributed by atoms with Gasteiger partial charge in [0, 0.05) is 6.04 Å². The van der Waals surface area contributed by atoms with Gasteiger partial charge in [-0.1, -0.05) is 42.5 Å². The van der Waals surface area contributed by atoms with E-state index in [0.29, 0.717) is 6.42 Å². The lowest BCUT2D eigenvalue weighted by Crippen LogP contribution is -1.97. The van der Waals surface area contributed by atoms with Gasteiger partial charge in [0.05, 0.1) is 0 Å². The van der Waals surface area contributed by atoms with Gasteiger partial charge in [-0.15, -0.1) is 0 Å². The van der Waals surface area contributed by atoms with E-state index in [-0.39, 0.29) is 6.04 Å². The third-order valence-electron chi connectivity index (χ3n) is 2.42. The fraction of sp³-hybridized carbons (Fsp3) is 0.167. The van der Waals surface area contributed by atoms with E-state index in [4.69, 9.17) is 0 Å². The minimum absolute atomic E-state index is 0.0446. The van der Waals surface area contributed by atoms with Crippen LogP contribution in [0.3, 0.4) is 0 Å². The van der Waals surface area contributed by atoms with Crippen molar-refractivity contribution in [2.45, 2.75) is 12.5 Å². The molecule has 0 amide bonds. The molecule has 0 aliphatic rings. The molecule has 1 radical (unpaired) electrons. The topological polar surface area (TPSA) is 0 Å². The smallest absolute Gasteiger partial charge is 0.268 e. The lowest BCUT2D eigenvalue weighted by Gasteiger charge is -2.02. The van der Waals surface area contributed by atoms with Gasteiger partial charge in [-0.2, -0.15) is 0 Å². The molecule has 0 atom stereocenters. The zero-order valence-electron chi connectivity index (χ0n) is 8.21. The van der Waals surface area contributed by atoms with Crippen LogP contribution in [-0.4, -0.2) is 9.46 Å². The Kier molecular flexibility index (Phi) is 3.11. The Morgan fingerprint density at radius 1 is 0.933 bits per heavy atom. The fourth-order valence-electron chi connectivity index (χ4n) is 1.63. The summed E-state index contributed by atoms with van der Waals surface area (Å²) in [5.74, 6) is 0. The van der Waals surface area contributed by atoms with E-state index in [0.717, 1.165) is 16.3 Å². The molecule has 0 fully saturated rings. The molecule has 3 heteroatoms. The van der Waals surface area contributed by atoms with Crippen molar-refractivity contribution in [1.82, 2.24) is 0 Å². The summed E-state index contributed by atoms with van der Waals surface area (Å²) < 4.78 is 24.3. The average molecular weight is 221 g/mol. The van der Waals surface area contributed by atoms with E-state index in [1.54, 1.807) is 0 Å². The van der Waals surface area contributed by atoms with E-state index in [2.05, 4.69) is 0 Å². The fourth-order valence-corrected chi connectivity index (χ4v) is 2.11. The van der Waals surface area contributed by atoms with Crippen LogP contribution >= 0.6 is 0 Å². The zero-order valence-corrected chi connectivity index (χ0v) is 9.21. The van der Waals surface area contributed by atoms with Crippen LogP contribution in [0.15, 0.2) is 42.5 Å². The summed E-state index contributed by atoms with van der Waals surface area (Å²) in [7, 11) is -3.08. The molecule has 0 saturated heterocycles. The van der Waals surface area contributed by atoms with Crippen LogP contribution in [0.5, 0.6) is 0 Å². The third-order valence-corrected chi connectivity index (χ3v) is 3.04. The molecule has 2 aromatic carbocycles. The molecule has 0 heterocycles. The summed E-state index contributed by atoms with van der Waals surface area (Å²) in [4.78, 5) is 0. The molecular weight excluding hydrogens is 210 g/mol. The molecule has 0 nitrogen and oxygen atoms in total. The summed E-state index contributed by atoms with van der Waals surface area (Å²) >= 11 is 0. The SMILES string of the molecule is F[Si](F)CCc1ccc2ccccc2c1. The van der Waals surface area contributed by atoms with Crippen LogP contribution in [0.25, 0.3) is 10.8 Å². The van der Waals surface area contributed by atoms with Crippen molar-refractivity contribution in [2.24, 2.45) is 0 Å². The van der Waals surface area contributed by atoms with Gasteiger partial charge in [0.15, 0.2) is 0 Å². The largest absolute Gasteiger partial charge is 0.477 e. The van der Waals surface area contributed by atoms with Crippen molar-refractivity contribution >= 4 is 20.2 Å². The molecule has 0 aromatic heterocycles. The Hall–Kier alpha value is -1.22. The summed E-state index contributed by atoms with van der Waals surface area (Å²) in [5.41, 5.74) is 1.01. The second-order valence-electron chi connectivity index (χ2n) is 3.52. The molecule has 0 spiro atoms. The maximum absolute atomic E-state index is 12.1. The normalized spacial score (nSPS) is 11.1. The van der Waals surface area contributed by atoms with Crippen molar-refractivity contribution < 1.29 is 8.22 Å². The number of aryl methyl sites for hydroxylation is 1. The predicted octanol–water partition coefficient (Wildman–Crippen LogP) is 3.81. The molecule has 0 unspecified atom stereocenters. The molecular formula is C12H11F2Si. The van der Waals surface area contributed by atoms with Crippen molar-refractivity contribution in [1.29, 1.82) is 0 Å². The quantitative estimate of drug-likeness (QED) is 0.546. The molecule has 0 saturated carbocycles. The van der Waals surface area contributed by atoms with E-state index in [1.165, 1.54) is 0 Å². The van der Waals surface area contributed by atoms with Gasteiger partial charge in [-0.25, -0.2) is 0 Å². The number of halogens is 2. The lowest BCUT2D eigenvalue weighted by atomic mass is 10.1.